The minimum absolute atomic E-state index is 0.0886. The van der Waals surface area contributed by atoms with E-state index < -0.39 is 0 Å². The van der Waals surface area contributed by atoms with Gasteiger partial charge in [-0.2, -0.15) is 5.10 Å². The zero-order chi connectivity index (χ0) is 14.4. The third kappa shape index (κ3) is 2.20. The van der Waals surface area contributed by atoms with E-state index in [2.05, 4.69) is 10.5 Å². The highest BCUT2D eigenvalue weighted by Crippen LogP contribution is 2.52. The maximum absolute atomic E-state index is 11.0. The molecule has 1 aromatic rings. The summed E-state index contributed by atoms with van der Waals surface area (Å²) in [5, 5.41) is 15.6. The van der Waals surface area contributed by atoms with Crippen molar-refractivity contribution < 1.29 is 4.92 Å². The number of rotatable bonds is 3. The number of hydrogen-bond acceptors (Lipinski definition) is 4. The van der Waals surface area contributed by atoms with E-state index in [1.807, 2.05) is 0 Å². The fraction of sp³-hybridized carbons (Fsp3) is 0.562. The Morgan fingerprint density at radius 2 is 1.67 bits per heavy atom. The van der Waals surface area contributed by atoms with E-state index in [-0.39, 0.29) is 10.6 Å². The van der Waals surface area contributed by atoms with Crippen molar-refractivity contribution in [1.82, 2.24) is 0 Å². The fourth-order valence-corrected chi connectivity index (χ4v) is 4.70. The molecule has 0 atom stereocenters. The molecule has 5 rings (SSSR count). The molecule has 1 aromatic carbocycles. The van der Waals surface area contributed by atoms with Gasteiger partial charge in [-0.25, -0.2) is 0 Å². The third-order valence-corrected chi connectivity index (χ3v) is 5.38. The lowest BCUT2D eigenvalue weighted by Gasteiger charge is -2.50. The molecule has 4 fully saturated rings. The summed E-state index contributed by atoms with van der Waals surface area (Å²) in [6.07, 6.45) is 6.49. The molecule has 0 saturated heterocycles. The van der Waals surface area contributed by atoms with Crippen molar-refractivity contribution in [3.8, 4) is 0 Å². The van der Waals surface area contributed by atoms with Crippen molar-refractivity contribution in [2.75, 3.05) is 5.43 Å². The number of hydrogen-bond donors (Lipinski definition) is 1. The maximum atomic E-state index is 11.0. The first-order valence-corrected chi connectivity index (χ1v) is 7.77. The standard InChI is InChI=1S/C16H19N3O2/c20-19(21)15-4-2-1-3-14(15)17-18-16-12-6-10-5-11(8-12)9-13(16)7-10/h1-4,10-13,17H,5-9H2. The zero-order valence-corrected chi connectivity index (χ0v) is 11.9. The van der Waals surface area contributed by atoms with Crippen LogP contribution in [0, 0.1) is 33.8 Å². The highest BCUT2D eigenvalue weighted by molar-refractivity contribution is 5.91. The number of benzene rings is 1. The van der Waals surface area contributed by atoms with E-state index in [9.17, 15) is 10.1 Å². The molecule has 4 aliphatic rings. The largest absolute Gasteiger partial charge is 0.294 e. The van der Waals surface area contributed by atoms with Gasteiger partial charge in [-0.15, -0.1) is 0 Å². The van der Waals surface area contributed by atoms with Gasteiger partial charge in [0.25, 0.3) is 5.69 Å². The average Bonchev–Trinajstić information content (AvgIpc) is 2.46. The van der Waals surface area contributed by atoms with Crippen molar-refractivity contribution >= 4 is 17.1 Å². The quantitative estimate of drug-likeness (QED) is 0.678. The lowest BCUT2D eigenvalue weighted by molar-refractivity contribution is -0.384. The predicted molar refractivity (Wildman–Crippen MR) is 81.2 cm³/mol. The van der Waals surface area contributed by atoms with Gasteiger partial charge in [0.1, 0.15) is 5.69 Å². The number of nitrogens with one attached hydrogen (secondary N) is 1. The van der Waals surface area contributed by atoms with E-state index >= 15 is 0 Å². The summed E-state index contributed by atoms with van der Waals surface area (Å²) < 4.78 is 0. The fourth-order valence-electron chi connectivity index (χ4n) is 4.70. The summed E-state index contributed by atoms with van der Waals surface area (Å²) in [5.74, 6) is 3.02. The van der Waals surface area contributed by atoms with Gasteiger partial charge in [0.15, 0.2) is 0 Å². The smallest absolute Gasteiger partial charge is 0.272 e. The number of nitro benzene ring substituents is 1. The SMILES string of the molecule is O=[N+]([O-])c1ccccc1NN=C1C2CC3CC(C2)CC1C3. The Labute approximate surface area is 123 Å². The second-order valence-electron chi connectivity index (χ2n) is 6.73. The van der Waals surface area contributed by atoms with Gasteiger partial charge in [0, 0.05) is 11.8 Å². The molecular formula is C16H19N3O2. The molecule has 0 aliphatic heterocycles. The third-order valence-electron chi connectivity index (χ3n) is 5.38. The molecule has 0 aromatic heterocycles. The van der Waals surface area contributed by atoms with Crippen LogP contribution in [-0.4, -0.2) is 10.6 Å². The molecule has 4 saturated carbocycles. The van der Waals surface area contributed by atoms with Crippen LogP contribution in [0.5, 0.6) is 0 Å². The van der Waals surface area contributed by atoms with Crippen molar-refractivity contribution in [2.24, 2.45) is 28.8 Å². The first-order chi connectivity index (χ1) is 10.2. The van der Waals surface area contributed by atoms with Crippen LogP contribution >= 0.6 is 0 Å². The normalized spacial score (nSPS) is 33.0. The molecule has 0 unspecified atom stereocenters. The van der Waals surface area contributed by atoms with Crippen LogP contribution in [0.2, 0.25) is 0 Å². The number of nitrogens with zero attached hydrogens (tertiary/aromatic N) is 2. The Balaban J connectivity index is 1.58. The molecule has 4 aliphatic carbocycles. The lowest BCUT2D eigenvalue weighted by Crippen LogP contribution is -2.45. The molecular weight excluding hydrogens is 266 g/mol. The molecule has 5 heteroatoms. The second kappa shape index (κ2) is 4.83. The monoisotopic (exact) mass is 285 g/mol. The summed E-state index contributed by atoms with van der Waals surface area (Å²) >= 11 is 0. The molecule has 21 heavy (non-hydrogen) atoms. The molecule has 4 bridgehead atoms. The number of nitro groups is 1. The number of para-hydroxylation sites is 2. The molecule has 0 spiro atoms. The summed E-state index contributed by atoms with van der Waals surface area (Å²) in [4.78, 5) is 10.7. The van der Waals surface area contributed by atoms with Gasteiger partial charge in [0.2, 0.25) is 0 Å². The summed E-state index contributed by atoms with van der Waals surface area (Å²) in [7, 11) is 0. The summed E-state index contributed by atoms with van der Waals surface area (Å²) in [6.45, 7) is 0. The van der Waals surface area contributed by atoms with E-state index in [1.165, 1.54) is 43.9 Å². The molecule has 5 nitrogen and oxygen atoms in total. The van der Waals surface area contributed by atoms with Crippen LogP contribution in [0.3, 0.4) is 0 Å². The second-order valence-corrected chi connectivity index (χ2v) is 6.73. The van der Waals surface area contributed by atoms with Crippen LogP contribution in [0.1, 0.15) is 32.1 Å². The number of anilines is 1. The predicted octanol–water partition coefficient (Wildman–Crippen LogP) is 3.82. The van der Waals surface area contributed by atoms with E-state index in [4.69, 9.17) is 0 Å². The zero-order valence-electron chi connectivity index (χ0n) is 11.9. The Morgan fingerprint density at radius 1 is 1.05 bits per heavy atom. The molecule has 110 valence electrons. The Kier molecular flexibility index (Phi) is 2.94. The van der Waals surface area contributed by atoms with Gasteiger partial charge >= 0.3 is 0 Å². The summed E-state index contributed by atoms with van der Waals surface area (Å²) in [5.41, 5.74) is 4.81. The minimum Gasteiger partial charge on any atom is -0.272 e. The molecule has 0 amide bonds. The van der Waals surface area contributed by atoms with Gasteiger partial charge in [-0.1, -0.05) is 12.1 Å². The number of hydrazone groups is 1. The van der Waals surface area contributed by atoms with Crippen molar-refractivity contribution in [3.05, 3.63) is 34.4 Å². The minimum atomic E-state index is -0.362. The first kappa shape index (κ1) is 12.8. The summed E-state index contributed by atoms with van der Waals surface area (Å²) in [6, 6.07) is 6.71. The van der Waals surface area contributed by atoms with E-state index in [0.717, 1.165) is 11.8 Å². The van der Waals surface area contributed by atoms with Crippen molar-refractivity contribution in [3.63, 3.8) is 0 Å². The molecule has 0 radical (unpaired) electrons. The Bertz CT molecular complexity index is 581. The van der Waals surface area contributed by atoms with E-state index in [1.54, 1.807) is 18.2 Å². The first-order valence-electron chi connectivity index (χ1n) is 7.77. The van der Waals surface area contributed by atoms with Crippen LogP contribution in [0.25, 0.3) is 0 Å². The van der Waals surface area contributed by atoms with E-state index in [0.29, 0.717) is 17.5 Å². The van der Waals surface area contributed by atoms with Crippen LogP contribution < -0.4 is 5.43 Å². The Morgan fingerprint density at radius 3 is 2.29 bits per heavy atom. The maximum Gasteiger partial charge on any atom is 0.294 e. The van der Waals surface area contributed by atoms with Gasteiger partial charge in [0.05, 0.1) is 4.92 Å². The van der Waals surface area contributed by atoms with Crippen LogP contribution in [0.4, 0.5) is 11.4 Å². The van der Waals surface area contributed by atoms with Gasteiger partial charge < -0.3 is 0 Å². The Hall–Kier alpha value is -1.91. The highest BCUT2D eigenvalue weighted by atomic mass is 16.6. The van der Waals surface area contributed by atoms with Crippen LogP contribution in [0.15, 0.2) is 29.4 Å². The van der Waals surface area contributed by atoms with Crippen molar-refractivity contribution in [1.29, 1.82) is 0 Å². The molecule has 1 N–H and O–H groups in total. The molecule has 0 heterocycles. The van der Waals surface area contributed by atoms with Crippen molar-refractivity contribution in [2.45, 2.75) is 32.1 Å². The van der Waals surface area contributed by atoms with Gasteiger partial charge in [-0.05, 0) is 61.8 Å². The topological polar surface area (TPSA) is 67.5 Å². The lowest BCUT2D eigenvalue weighted by atomic mass is 9.55. The van der Waals surface area contributed by atoms with Gasteiger partial charge in [-0.3, -0.25) is 15.5 Å². The van der Waals surface area contributed by atoms with Crippen LogP contribution in [-0.2, 0) is 0 Å². The highest BCUT2D eigenvalue weighted by Gasteiger charge is 2.46. The average molecular weight is 285 g/mol.